The lowest BCUT2D eigenvalue weighted by Gasteiger charge is -2.21. The summed E-state index contributed by atoms with van der Waals surface area (Å²) < 4.78 is 1.51. The number of tetrazole rings is 1. The first-order chi connectivity index (χ1) is 11.3. The zero-order valence-corrected chi connectivity index (χ0v) is 12.7. The highest BCUT2D eigenvalue weighted by molar-refractivity contribution is 5.83. The molecule has 4 atom stereocenters. The fourth-order valence-corrected chi connectivity index (χ4v) is 3.80. The van der Waals surface area contributed by atoms with Crippen molar-refractivity contribution in [2.45, 2.75) is 18.9 Å². The molecule has 1 saturated carbocycles. The van der Waals surface area contributed by atoms with Crippen LogP contribution >= 0.6 is 0 Å². The number of aromatic nitrogens is 4. The Kier molecular flexibility index (Phi) is 3.65. The van der Waals surface area contributed by atoms with Gasteiger partial charge in [-0.15, -0.1) is 5.10 Å². The van der Waals surface area contributed by atoms with Gasteiger partial charge in [-0.2, -0.15) is 0 Å². The molecule has 1 aromatic heterocycles. The molecule has 0 aliphatic heterocycles. The summed E-state index contributed by atoms with van der Waals surface area (Å²) in [6.45, 7) is 0.718. The third kappa shape index (κ3) is 2.76. The highest BCUT2D eigenvalue weighted by atomic mass is 16.2. The molecule has 0 radical (unpaired) electrons. The minimum absolute atomic E-state index is 0.0600. The number of hydrogen-bond acceptors (Lipinski definition) is 4. The van der Waals surface area contributed by atoms with Gasteiger partial charge in [0.15, 0.2) is 6.04 Å². The number of rotatable bonds is 5. The van der Waals surface area contributed by atoms with E-state index < -0.39 is 6.04 Å². The lowest BCUT2D eigenvalue weighted by Crippen LogP contribution is -2.37. The van der Waals surface area contributed by atoms with Gasteiger partial charge in [0.25, 0.3) is 0 Å². The van der Waals surface area contributed by atoms with Gasteiger partial charge in [0.1, 0.15) is 6.33 Å². The van der Waals surface area contributed by atoms with E-state index in [4.69, 9.17) is 0 Å². The van der Waals surface area contributed by atoms with Crippen molar-refractivity contribution in [1.82, 2.24) is 25.5 Å². The van der Waals surface area contributed by atoms with E-state index in [0.717, 1.165) is 12.1 Å². The second-order valence-corrected chi connectivity index (χ2v) is 6.39. The first kappa shape index (κ1) is 14.1. The van der Waals surface area contributed by atoms with Crippen molar-refractivity contribution in [3.8, 4) is 0 Å². The van der Waals surface area contributed by atoms with E-state index in [1.807, 2.05) is 30.3 Å². The zero-order valence-electron chi connectivity index (χ0n) is 12.7. The fraction of sp³-hybridized carbons (Fsp3) is 0.412. The summed E-state index contributed by atoms with van der Waals surface area (Å²) in [6.07, 6.45) is 8.54. The Hall–Kier alpha value is -2.50. The first-order valence-electron chi connectivity index (χ1n) is 8.04. The average Bonchev–Trinajstić information content (AvgIpc) is 3.32. The van der Waals surface area contributed by atoms with Crippen LogP contribution in [0.3, 0.4) is 0 Å². The van der Waals surface area contributed by atoms with Crippen LogP contribution in [0.25, 0.3) is 0 Å². The molecule has 2 aromatic rings. The van der Waals surface area contributed by atoms with E-state index in [2.05, 4.69) is 33.0 Å². The van der Waals surface area contributed by atoms with Gasteiger partial charge in [-0.3, -0.25) is 4.79 Å². The maximum atomic E-state index is 12.8. The van der Waals surface area contributed by atoms with Crippen LogP contribution in [0.2, 0.25) is 0 Å². The quantitative estimate of drug-likeness (QED) is 0.851. The fourth-order valence-electron chi connectivity index (χ4n) is 3.80. The second kappa shape index (κ2) is 5.95. The Morgan fingerprint density at radius 3 is 2.78 bits per heavy atom. The van der Waals surface area contributed by atoms with Crippen LogP contribution in [0.5, 0.6) is 0 Å². The minimum Gasteiger partial charge on any atom is -0.354 e. The van der Waals surface area contributed by atoms with E-state index in [1.54, 1.807) is 0 Å². The lowest BCUT2D eigenvalue weighted by atomic mass is 9.93. The molecule has 2 aliphatic carbocycles. The summed E-state index contributed by atoms with van der Waals surface area (Å²) in [5.74, 6) is 1.84. The van der Waals surface area contributed by atoms with Gasteiger partial charge in [0.05, 0.1) is 0 Å². The molecule has 2 aliphatic rings. The Labute approximate surface area is 134 Å². The molecule has 23 heavy (non-hydrogen) atoms. The van der Waals surface area contributed by atoms with Gasteiger partial charge in [-0.05, 0) is 46.6 Å². The molecule has 4 rings (SSSR count). The number of benzene rings is 1. The van der Waals surface area contributed by atoms with Crippen molar-refractivity contribution in [1.29, 1.82) is 0 Å². The number of amides is 1. The summed E-state index contributed by atoms with van der Waals surface area (Å²) >= 11 is 0. The Balaban J connectivity index is 1.48. The van der Waals surface area contributed by atoms with Gasteiger partial charge < -0.3 is 5.32 Å². The highest BCUT2D eigenvalue weighted by Crippen LogP contribution is 2.43. The molecule has 0 unspecified atom stereocenters. The third-order valence-electron chi connectivity index (χ3n) is 4.95. The molecular weight excluding hydrogens is 290 g/mol. The molecule has 1 heterocycles. The van der Waals surface area contributed by atoms with Gasteiger partial charge in [-0.1, -0.05) is 42.5 Å². The standard InChI is InChI=1S/C17H19N5O/c23-17(18-10-15-9-12-6-7-14(15)8-12)16(22-11-19-20-21-22)13-4-2-1-3-5-13/h1-7,11-12,14-16H,8-10H2,(H,18,23)/t12-,14-,15+,16-/m1/s1. The highest BCUT2D eigenvalue weighted by Gasteiger charge is 2.36. The van der Waals surface area contributed by atoms with E-state index >= 15 is 0 Å². The first-order valence-corrected chi connectivity index (χ1v) is 8.04. The Morgan fingerprint density at radius 2 is 2.13 bits per heavy atom. The van der Waals surface area contributed by atoms with Crippen LogP contribution < -0.4 is 5.32 Å². The van der Waals surface area contributed by atoms with Gasteiger partial charge in [-0.25, -0.2) is 4.68 Å². The summed E-state index contributed by atoms with van der Waals surface area (Å²) in [5.41, 5.74) is 0.880. The molecule has 6 nitrogen and oxygen atoms in total. The van der Waals surface area contributed by atoms with Crippen molar-refractivity contribution in [2.24, 2.45) is 17.8 Å². The van der Waals surface area contributed by atoms with Crippen molar-refractivity contribution >= 4 is 5.91 Å². The van der Waals surface area contributed by atoms with Crippen LogP contribution in [-0.4, -0.2) is 32.7 Å². The molecule has 6 heteroatoms. The summed E-state index contributed by atoms with van der Waals surface area (Å²) in [5, 5.41) is 14.3. The van der Waals surface area contributed by atoms with Crippen LogP contribution in [-0.2, 0) is 4.79 Å². The number of allylic oxidation sites excluding steroid dienone is 2. The summed E-state index contributed by atoms with van der Waals surface area (Å²) in [7, 11) is 0. The maximum absolute atomic E-state index is 12.8. The number of hydrogen-bond donors (Lipinski definition) is 1. The second-order valence-electron chi connectivity index (χ2n) is 6.39. The molecule has 1 N–H and O–H groups in total. The molecule has 0 saturated heterocycles. The zero-order chi connectivity index (χ0) is 15.6. The summed E-state index contributed by atoms with van der Waals surface area (Å²) in [6, 6.07) is 9.08. The Bertz CT molecular complexity index is 697. The monoisotopic (exact) mass is 309 g/mol. The van der Waals surface area contributed by atoms with Gasteiger partial charge in [0, 0.05) is 6.54 Å². The SMILES string of the molecule is O=C(NC[C@@H]1C[C@@H]2C=C[C@@H]1C2)[C@@H](c1ccccc1)n1cnnn1. The molecule has 0 spiro atoms. The number of nitrogens with zero attached hydrogens (tertiary/aromatic N) is 4. The predicted octanol–water partition coefficient (Wildman–Crippen LogP) is 1.59. The van der Waals surface area contributed by atoms with Crippen molar-refractivity contribution in [3.05, 3.63) is 54.4 Å². The van der Waals surface area contributed by atoms with Crippen molar-refractivity contribution < 1.29 is 4.79 Å². The third-order valence-corrected chi connectivity index (χ3v) is 4.95. The topological polar surface area (TPSA) is 72.7 Å². The molecular formula is C17H19N5O. The molecule has 1 fully saturated rings. The number of carbonyl (C=O) groups excluding carboxylic acids is 1. The van der Waals surface area contributed by atoms with E-state index in [-0.39, 0.29) is 5.91 Å². The summed E-state index contributed by atoms with van der Waals surface area (Å²) in [4.78, 5) is 12.8. The predicted molar refractivity (Wildman–Crippen MR) is 84.3 cm³/mol. The van der Waals surface area contributed by atoms with Crippen LogP contribution in [0.4, 0.5) is 0 Å². The number of fused-ring (bicyclic) bond motifs is 2. The smallest absolute Gasteiger partial charge is 0.249 e. The van der Waals surface area contributed by atoms with Crippen LogP contribution in [0, 0.1) is 17.8 Å². The maximum Gasteiger partial charge on any atom is 0.249 e. The minimum atomic E-state index is -0.527. The normalized spacial score (nSPS) is 26.3. The van der Waals surface area contributed by atoms with E-state index in [9.17, 15) is 4.79 Å². The largest absolute Gasteiger partial charge is 0.354 e. The molecule has 2 bridgehead atoms. The molecule has 1 aromatic carbocycles. The number of carbonyl (C=O) groups is 1. The number of nitrogens with one attached hydrogen (secondary N) is 1. The molecule has 118 valence electrons. The van der Waals surface area contributed by atoms with Crippen LogP contribution in [0.1, 0.15) is 24.4 Å². The van der Waals surface area contributed by atoms with Crippen molar-refractivity contribution in [2.75, 3.05) is 6.54 Å². The average molecular weight is 309 g/mol. The molecule has 1 amide bonds. The van der Waals surface area contributed by atoms with E-state index in [0.29, 0.717) is 17.8 Å². The van der Waals surface area contributed by atoms with Gasteiger partial charge in [0.2, 0.25) is 5.91 Å². The van der Waals surface area contributed by atoms with Crippen LogP contribution in [0.15, 0.2) is 48.8 Å². The van der Waals surface area contributed by atoms with Gasteiger partial charge >= 0.3 is 0 Å². The lowest BCUT2D eigenvalue weighted by molar-refractivity contribution is -0.123. The van der Waals surface area contributed by atoms with E-state index in [1.165, 1.54) is 23.9 Å². The van der Waals surface area contributed by atoms with Crippen molar-refractivity contribution in [3.63, 3.8) is 0 Å². The Morgan fingerprint density at radius 1 is 1.26 bits per heavy atom.